The van der Waals surface area contributed by atoms with Crippen LogP contribution in [0.5, 0.6) is 0 Å². The molecule has 24 heavy (non-hydrogen) atoms. The Bertz CT molecular complexity index is 783. The van der Waals surface area contributed by atoms with Gasteiger partial charge in [0.1, 0.15) is 5.82 Å². The van der Waals surface area contributed by atoms with E-state index in [-0.39, 0.29) is 30.5 Å². The number of hydrogen-bond donors (Lipinski definition) is 2. The molecule has 0 atom stereocenters. The van der Waals surface area contributed by atoms with Crippen LogP contribution in [-0.4, -0.2) is 24.9 Å². The summed E-state index contributed by atoms with van der Waals surface area (Å²) in [7, 11) is 0. The van der Waals surface area contributed by atoms with E-state index in [1.165, 1.54) is 6.07 Å². The molecule has 0 saturated heterocycles. The molecule has 2 N–H and O–H groups in total. The topological polar surface area (TPSA) is 58.2 Å². The van der Waals surface area contributed by atoms with Crippen molar-refractivity contribution in [3.8, 4) is 0 Å². The Morgan fingerprint density at radius 2 is 1.75 bits per heavy atom. The maximum absolute atomic E-state index is 13.4. The zero-order valence-corrected chi connectivity index (χ0v) is 15.7. The first-order valence-corrected chi connectivity index (χ1v) is 8.62. The van der Waals surface area contributed by atoms with Crippen LogP contribution in [0.15, 0.2) is 36.4 Å². The minimum Gasteiger partial charge on any atom is -0.350 e. The highest BCUT2D eigenvalue weighted by Gasteiger charge is 2.11. The summed E-state index contributed by atoms with van der Waals surface area (Å²) < 4.78 is 14.2. The van der Waals surface area contributed by atoms with Gasteiger partial charge in [-0.3, -0.25) is 9.59 Å². The summed E-state index contributed by atoms with van der Waals surface area (Å²) in [4.78, 5) is 24.0. The van der Waals surface area contributed by atoms with E-state index in [1.54, 1.807) is 37.3 Å². The predicted molar refractivity (Wildman–Crippen MR) is 100.0 cm³/mol. The lowest BCUT2D eigenvalue weighted by molar-refractivity contribution is 0.0927. The van der Waals surface area contributed by atoms with Crippen molar-refractivity contribution < 1.29 is 14.0 Å². The highest BCUT2D eigenvalue weighted by Crippen LogP contribution is 2.17. The molecule has 0 aliphatic rings. The number of benzene rings is 2. The molecule has 0 aromatic heterocycles. The minimum atomic E-state index is -0.423. The second-order valence-corrected chi connectivity index (χ2v) is 6.70. The standard InChI is InChI=1S/C17H15ClFIN2O2/c1-10-2-3-11(8-14(10)19)16(23)21-6-7-22-17(24)13-5-4-12(18)9-15(13)20/h2-5,8-9H,6-7H2,1H3,(H,21,23)(H,22,24). The van der Waals surface area contributed by atoms with Crippen molar-refractivity contribution in [2.45, 2.75) is 6.92 Å². The van der Waals surface area contributed by atoms with Crippen molar-refractivity contribution in [3.05, 3.63) is 67.5 Å². The van der Waals surface area contributed by atoms with Crippen LogP contribution >= 0.6 is 34.2 Å². The average molecular weight is 461 g/mol. The largest absolute Gasteiger partial charge is 0.350 e. The van der Waals surface area contributed by atoms with E-state index in [0.717, 1.165) is 3.57 Å². The molecule has 0 saturated carbocycles. The fraction of sp³-hybridized carbons (Fsp3) is 0.176. The third-order valence-corrected chi connectivity index (χ3v) is 4.43. The lowest BCUT2D eigenvalue weighted by atomic mass is 10.1. The van der Waals surface area contributed by atoms with Crippen molar-refractivity contribution in [1.82, 2.24) is 10.6 Å². The van der Waals surface area contributed by atoms with Gasteiger partial charge in [0.2, 0.25) is 0 Å². The molecule has 0 unspecified atom stereocenters. The van der Waals surface area contributed by atoms with Gasteiger partial charge in [-0.25, -0.2) is 4.39 Å². The summed E-state index contributed by atoms with van der Waals surface area (Å²) in [6.45, 7) is 2.13. The van der Waals surface area contributed by atoms with Crippen LogP contribution in [0.25, 0.3) is 0 Å². The third kappa shape index (κ3) is 4.91. The zero-order valence-electron chi connectivity index (χ0n) is 12.8. The first kappa shape index (κ1) is 18.7. The van der Waals surface area contributed by atoms with Gasteiger partial charge < -0.3 is 10.6 Å². The molecule has 4 nitrogen and oxygen atoms in total. The Kier molecular flexibility index (Phi) is 6.56. The molecular formula is C17H15ClFIN2O2. The number of nitrogens with one attached hydrogen (secondary N) is 2. The molecule has 0 heterocycles. The van der Waals surface area contributed by atoms with Crippen LogP contribution in [0.3, 0.4) is 0 Å². The van der Waals surface area contributed by atoms with Crippen LogP contribution < -0.4 is 10.6 Å². The van der Waals surface area contributed by atoms with Crippen molar-refractivity contribution in [1.29, 1.82) is 0 Å². The molecule has 0 bridgehead atoms. The number of aryl methyl sites for hydroxylation is 1. The van der Waals surface area contributed by atoms with Gasteiger partial charge in [-0.1, -0.05) is 17.7 Å². The molecule has 0 aliphatic heterocycles. The SMILES string of the molecule is Cc1ccc(C(=O)NCCNC(=O)c2ccc(Cl)cc2I)cc1F. The van der Waals surface area contributed by atoms with Gasteiger partial charge in [0.25, 0.3) is 11.8 Å². The van der Waals surface area contributed by atoms with Gasteiger partial charge in [0.15, 0.2) is 0 Å². The number of carbonyl (C=O) groups excluding carboxylic acids is 2. The molecule has 2 aromatic carbocycles. The molecular weight excluding hydrogens is 446 g/mol. The summed E-state index contributed by atoms with van der Waals surface area (Å²) in [5.74, 6) is -1.05. The highest BCUT2D eigenvalue weighted by atomic mass is 127. The molecule has 0 spiro atoms. The maximum atomic E-state index is 13.4. The van der Waals surface area contributed by atoms with Crippen LogP contribution in [0, 0.1) is 16.3 Å². The second-order valence-electron chi connectivity index (χ2n) is 5.10. The Morgan fingerprint density at radius 3 is 2.38 bits per heavy atom. The third-order valence-electron chi connectivity index (χ3n) is 3.31. The van der Waals surface area contributed by atoms with E-state index in [9.17, 15) is 14.0 Å². The van der Waals surface area contributed by atoms with Crippen molar-refractivity contribution in [2.24, 2.45) is 0 Å². The molecule has 2 aromatic rings. The molecule has 2 amide bonds. The van der Waals surface area contributed by atoms with E-state index in [0.29, 0.717) is 16.1 Å². The van der Waals surface area contributed by atoms with Crippen molar-refractivity contribution >= 4 is 46.0 Å². The zero-order chi connectivity index (χ0) is 17.7. The Labute approximate surface area is 157 Å². The molecule has 0 fully saturated rings. The fourth-order valence-corrected chi connectivity index (χ4v) is 3.07. The maximum Gasteiger partial charge on any atom is 0.252 e. The molecule has 0 aliphatic carbocycles. The number of carbonyl (C=O) groups is 2. The van der Waals surface area contributed by atoms with Crippen LogP contribution in [0.1, 0.15) is 26.3 Å². The normalized spacial score (nSPS) is 10.3. The summed E-state index contributed by atoms with van der Waals surface area (Å²) >= 11 is 7.89. The summed E-state index contributed by atoms with van der Waals surface area (Å²) in [5.41, 5.74) is 1.25. The Balaban J connectivity index is 1.82. The molecule has 7 heteroatoms. The van der Waals surface area contributed by atoms with E-state index in [4.69, 9.17) is 11.6 Å². The van der Waals surface area contributed by atoms with E-state index in [2.05, 4.69) is 10.6 Å². The fourth-order valence-electron chi connectivity index (χ4n) is 1.96. The second kappa shape index (κ2) is 8.43. The number of rotatable bonds is 5. The first-order valence-electron chi connectivity index (χ1n) is 7.16. The van der Waals surface area contributed by atoms with Gasteiger partial charge in [-0.15, -0.1) is 0 Å². The van der Waals surface area contributed by atoms with E-state index >= 15 is 0 Å². The van der Waals surface area contributed by atoms with Gasteiger partial charge in [0.05, 0.1) is 5.56 Å². The Hall–Kier alpha value is -1.67. The van der Waals surface area contributed by atoms with Crippen molar-refractivity contribution in [3.63, 3.8) is 0 Å². The average Bonchev–Trinajstić information content (AvgIpc) is 2.53. The van der Waals surface area contributed by atoms with Crippen molar-refractivity contribution in [2.75, 3.05) is 13.1 Å². The quantitative estimate of drug-likeness (QED) is 0.530. The first-order chi connectivity index (χ1) is 11.4. The van der Waals surface area contributed by atoms with E-state index in [1.807, 2.05) is 22.6 Å². The van der Waals surface area contributed by atoms with Gasteiger partial charge in [-0.2, -0.15) is 0 Å². The number of hydrogen-bond acceptors (Lipinski definition) is 2. The molecule has 126 valence electrons. The highest BCUT2D eigenvalue weighted by molar-refractivity contribution is 14.1. The van der Waals surface area contributed by atoms with Crippen LogP contribution in [0.2, 0.25) is 5.02 Å². The van der Waals surface area contributed by atoms with Crippen LogP contribution in [0.4, 0.5) is 4.39 Å². The number of amides is 2. The predicted octanol–water partition coefficient (Wildman–Crippen LogP) is 3.55. The van der Waals surface area contributed by atoms with Gasteiger partial charge in [0, 0.05) is 27.2 Å². The van der Waals surface area contributed by atoms with E-state index < -0.39 is 5.82 Å². The van der Waals surface area contributed by atoms with Gasteiger partial charge >= 0.3 is 0 Å². The molecule has 2 rings (SSSR count). The van der Waals surface area contributed by atoms with Crippen LogP contribution in [-0.2, 0) is 0 Å². The smallest absolute Gasteiger partial charge is 0.252 e. The molecule has 0 radical (unpaired) electrons. The lowest BCUT2D eigenvalue weighted by Crippen LogP contribution is -2.35. The monoisotopic (exact) mass is 460 g/mol. The summed E-state index contributed by atoms with van der Waals surface area (Å²) in [6.07, 6.45) is 0. The van der Waals surface area contributed by atoms with Gasteiger partial charge in [-0.05, 0) is 65.4 Å². The number of halogens is 3. The lowest BCUT2D eigenvalue weighted by Gasteiger charge is -2.09. The minimum absolute atomic E-state index is 0.240. The summed E-state index contributed by atoms with van der Waals surface area (Å²) in [6, 6.07) is 9.29. The Morgan fingerprint density at radius 1 is 1.08 bits per heavy atom. The summed E-state index contributed by atoms with van der Waals surface area (Å²) in [5, 5.41) is 5.91.